The molecule has 4 amide bonds. The van der Waals surface area contributed by atoms with E-state index in [4.69, 9.17) is 0 Å². The van der Waals surface area contributed by atoms with Crippen molar-refractivity contribution in [2.24, 2.45) is 0 Å². The second-order valence-corrected chi connectivity index (χ2v) is 7.70. The predicted molar refractivity (Wildman–Crippen MR) is 109 cm³/mol. The van der Waals surface area contributed by atoms with Crippen LogP contribution in [-0.4, -0.2) is 47.3 Å². The van der Waals surface area contributed by atoms with Gasteiger partial charge in [0.25, 0.3) is 5.91 Å². The van der Waals surface area contributed by atoms with Gasteiger partial charge in [-0.15, -0.1) is 0 Å². The fourth-order valence-corrected chi connectivity index (χ4v) is 4.19. The SMILES string of the molecule is O=C(CN1C(=O)NC(Cc2ccccc2)(c2ccccc2)C1=O)N1CCCCC1. The molecule has 2 aliphatic heterocycles. The van der Waals surface area contributed by atoms with Crippen molar-refractivity contribution in [3.8, 4) is 0 Å². The number of imide groups is 1. The summed E-state index contributed by atoms with van der Waals surface area (Å²) in [6.45, 7) is 1.17. The number of hydrogen-bond acceptors (Lipinski definition) is 3. The molecule has 1 atom stereocenters. The Kier molecular flexibility index (Phi) is 5.34. The molecule has 0 bridgehead atoms. The number of hydrogen-bond donors (Lipinski definition) is 1. The highest BCUT2D eigenvalue weighted by atomic mass is 16.2. The van der Waals surface area contributed by atoms with E-state index < -0.39 is 11.6 Å². The van der Waals surface area contributed by atoms with Crippen molar-refractivity contribution in [1.29, 1.82) is 0 Å². The second kappa shape index (κ2) is 8.07. The standard InChI is InChI=1S/C23H25N3O3/c27-20(25-14-8-3-9-15-25)17-26-21(28)23(24-22(26)29,19-12-6-2-7-13-19)16-18-10-4-1-5-11-18/h1-2,4-7,10-13H,3,8-9,14-17H2,(H,24,29). The maximum absolute atomic E-state index is 13.5. The molecule has 4 rings (SSSR count). The monoisotopic (exact) mass is 391 g/mol. The first kappa shape index (κ1) is 19.2. The van der Waals surface area contributed by atoms with Gasteiger partial charge in [0.2, 0.25) is 5.91 Å². The second-order valence-electron chi connectivity index (χ2n) is 7.70. The number of nitrogens with zero attached hydrogens (tertiary/aromatic N) is 2. The topological polar surface area (TPSA) is 69.7 Å². The predicted octanol–water partition coefficient (Wildman–Crippen LogP) is 2.69. The van der Waals surface area contributed by atoms with Crippen molar-refractivity contribution in [2.75, 3.05) is 19.6 Å². The number of likely N-dealkylation sites (tertiary alicyclic amines) is 1. The van der Waals surface area contributed by atoms with Gasteiger partial charge in [-0.1, -0.05) is 60.7 Å². The molecule has 29 heavy (non-hydrogen) atoms. The van der Waals surface area contributed by atoms with E-state index in [9.17, 15) is 14.4 Å². The van der Waals surface area contributed by atoms with Crippen molar-refractivity contribution in [3.63, 3.8) is 0 Å². The lowest BCUT2D eigenvalue weighted by Gasteiger charge is -2.29. The maximum Gasteiger partial charge on any atom is 0.325 e. The van der Waals surface area contributed by atoms with Gasteiger partial charge in [-0.25, -0.2) is 4.79 Å². The Balaban J connectivity index is 1.63. The smallest absolute Gasteiger partial charge is 0.325 e. The first-order valence-electron chi connectivity index (χ1n) is 10.1. The first-order valence-corrected chi connectivity index (χ1v) is 10.1. The van der Waals surface area contributed by atoms with Gasteiger partial charge in [-0.3, -0.25) is 14.5 Å². The molecule has 1 N–H and O–H groups in total. The van der Waals surface area contributed by atoms with E-state index >= 15 is 0 Å². The molecule has 0 spiro atoms. The van der Waals surface area contributed by atoms with Crippen LogP contribution in [0.1, 0.15) is 30.4 Å². The van der Waals surface area contributed by atoms with Gasteiger partial charge in [-0.2, -0.15) is 0 Å². The largest absolute Gasteiger partial charge is 0.341 e. The van der Waals surface area contributed by atoms with Gasteiger partial charge in [0.05, 0.1) is 0 Å². The van der Waals surface area contributed by atoms with Crippen molar-refractivity contribution in [2.45, 2.75) is 31.2 Å². The zero-order valence-electron chi connectivity index (χ0n) is 16.3. The molecule has 2 aromatic rings. The fraction of sp³-hybridized carbons (Fsp3) is 0.348. The van der Waals surface area contributed by atoms with Crippen LogP contribution in [0.3, 0.4) is 0 Å². The number of benzene rings is 2. The lowest BCUT2D eigenvalue weighted by Crippen LogP contribution is -2.47. The van der Waals surface area contributed by atoms with Gasteiger partial charge in [0.1, 0.15) is 6.54 Å². The Bertz CT molecular complexity index is 894. The van der Waals surface area contributed by atoms with E-state index in [0.717, 1.165) is 35.3 Å². The van der Waals surface area contributed by atoms with Crippen LogP contribution in [0.2, 0.25) is 0 Å². The van der Waals surface area contributed by atoms with Crippen molar-refractivity contribution < 1.29 is 14.4 Å². The molecule has 2 aliphatic rings. The van der Waals surface area contributed by atoms with Crippen LogP contribution in [0.15, 0.2) is 60.7 Å². The highest BCUT2D eigenvalue weighted by Crippen LogP contribution is 2.33. The third-order valence-corrected chi connectivity index (χ3v) is 5.76. The van der Waals surface area contributed by atoms with Crippen LogP contribution in [0.4, 0.5) is 4.79 Å². The average Bonchev–Trinajstić information content (AvgIpc) is 3.00. The number of urea groups is 1. The van der Waals surface area contributed by atoms with Gasteiger partial charge >= 0.3 is 6.03 Å². The van der Waals surface area contributed by atoms with Crippen LogP contribution in [0, 0.1) is 0 Å². The molecule has 1 unspecified atom stereocenters. The molecule has 150 valence electrons. The van der Waals surface area contributed by atoms with E-state index in [1.807, 2.05) is 60.7 Å². The van der Waals surface area contributed by atoms with Crippen LogP contribution in [0.25, 0.3) is 0 Å². The maximum atomic E-state index is 13.5. The van der Waals surface area contributed by atoms with Gasteiger partial charge in [0.15, 0.2) is 5.54 Å². The summed E-state index contributed by atoms with van der Waals surface area (Å²) in [6.07, 6.45) is 3.37. The minimum atomic E-state index is -1.21. The molecular weight excluding hydrogens is 366 g/mol. The Morgan fingerprint density at radius 1 is 0.897 bits per heavy atom. The van der Waals surface area contributed by atoms with E-state index in [1.54, 1.807) is 4.90 Å². The minimum absolute atomic E-state index is 0.170. The third-order valence-electron chi connectivity index (χ3n) is 5.76. The highest BCUT2D eigenvalue weighted by molar-refractivity contribution is 6.09. The van der Waals surface area contributed by atoms with E-state index in [-0.39, 0.29) is 18.4 Å². The van der Waals surface area contributed by atoms with E-state index in [0.29, 0.717) is 19.5 Å². The first-order chi connectivity index (χ1) is 14.1. The molecule has 0 aliphatic carbocycles. The van der Waals surface area contributed by atoms with Crippen molar-refractivity contribution in [1.82, 2.24) is 15.1 Å². The molecule has 6 heteroatoms. The minimum Gasteiger partial charge on any atom is -0.341 e. The van der Waals surface area contributed by atoms with Crippen LogP contribution >= 0.6 is 0 Å². The summed E-state index contributed by atoms with van der Waals surface area (Å²) < 4.78 is 0. The van der Waals surface area contributed by atoms with Crippen LogP contribution in [0.5, 0.6) is 0 Å². The quantitative estimate of drug-likeness (QED) is 0.797. The molecule has 0 saturated carbocycles. The summed E-state index contributed by atoms with van der Waals surface area (Å²) in [5.41, 5.74) is 0.450. The van der Waals surface area contributed by atoms with Gasteiger partial charge in [-0.05, 0) is 30.4 Å². The molecule has 0 aromatic heterocycles. The van der Waals surface area contributed by atoms with E-state index in [2.05, 4.69) is 5.32 Å². The number of nitrogens with one attached hydrogen (secondary N) is 1. The zero-order chi connectivity index (χ0) is 20.3. The highest BCUT2D eigenvalue weighted by Gasteiger charge is 2.52. The van der Waals surface area contributed by atoms with E-state index in [1.165, 1.54) is 0 Å². The summed E-state index contributed by atoms with van der Waals surface area (Å²) >= 11 is 0. The van der Waals surface area contributed by atoms with Gasteiger partial charge in [0, 0.05) is 19.5 Å². The lowest BCUT2D eigenvalue weighted by atomic mass is 9.83. The molecule has 2 aromatic carbocycles. The Hall–Kier alpha value is -3.15. The zero-order valence-corrected chi connectivity index (χ0v) is 16.3. The molecule has 2 heterocycles. The summed E-state index contributed by atoms with van der Waals surface area (Å²) in [5.74, 6) is -0.542. The number of amides is 4. The third kappa shape index (κ3) is 3.75. The van der Waals surface area contributed by atoms with Crippen molar-refractivity contribution >= 4 is 17.8 Å². The normalized spacial score (nSPS) is 21.9. The summed E-state index contributed by atoms with van der Waals surface area (Å²) in [5, 5.41) is 2.91. The van der Waals surface area contributed by atoms with Crippen LogP contribution in [-0.2, 0) is 21.5 Å². The number of carbonyl (C=O) groups is 3. The summed E-state index contributed by atoms with van der Waals surface area (Å²) in [7, 11) is 0. The molecule has 2 saturated heterocycles. The fourth-order valence-electron chi connectivity index (χ4n) is 4.19. The molecular formula is C23H25N3O3. The Morgan fingerprint density at radius 2 is 1.52 bits per heavy atom. The average molecular weight is 391 g/mol. The number of carbonyl (C=O) groups excluding carboxylic acids is 3. The molecule has 2 fully saturated rings. The molecule has 0 radical (unpaired) electrons. The lowest BCUT2D eigenvalue weighted by molar-refractivity contribution is -0.139. The summed E-state index contributed by atoms with van der Waals surface area (Å²) in [4.78, 5) is 41.9. The van der Waals surface area contributed by atoms with Gasteiger partial charge < -0.3 is 10.2 Å². The van der Waals surface area contributed by atoms with Crippen molar-refractivity contribution in [3.05, 3.63) is 71.8 Å². The Morgan fingerprint density at radius 3 is 2.17 bits per heavy atom. The summed E-state index contributed by atoms with van der Waals surface area (Å²) in [6, 6.07) is 18.4. The number of piperidine rings is 1. The molecule has 6 nitrogen and oxygen atoms in total. The number of rotatable bonds is 5. The van der Waals surface area contributed by atoms with Crippen LogP contribution < -0.4 is 5.32 Å². The Labute approximate surface area is 170 Å².